The molecule has 3 heteroatoms. The summed E-state index contributed by atoms with van der Waals surface area (Å²) in [5, 5.41) is 0. The molecular formula is C21H19N2Y-. The van der Waals surface area contributed by atoms with Gasteiger partial charge in [-0.1, -0.05) is 35.5 Å². The molecule has 0 fully saturated rings. The van der Waals surface area contributed by atoms with Crippen molar-refractivity contribution in [3.05, 3.63) is 96.7 Å². The maximum Gasteiger partial charge on any atom is 0.135 e. The Morgan fingerprint density at radius 2 is 1.67 bits per heavy atom. The standard InChI is InChI=1S/C21H19N2.Y/c1-3-7-18-12-15-21(22-16-18)23(19-8-5-4-6-9-19)20-13-10-17(2)11-14-20;/h3,5-6,8-16H,1,7H2,2H3;/q-1;. The third-order valence-corrected chi connectivity index (χ3v) is 3.67. The first-order valence-corrected chi connectivity index (χ1v) is 7.66. The van der Waals surface area contributed by atoms with Crippen molar-refractivity contribution in [2.24, 2.45) is 0 Å². The van der Waals surface area contributed by atoms with Gasteiger partial charge in [-0.25, -0.2) is 4.98 Å². The van der Waals surface area contributed by atoms with Gasteiger partial charge in [0.15, 0.2) is 0 Å². The van der Waals surface area contributed by atoms with Crippen LogP contribution in [0.4, 0.5) is 17.2 Å². The maximum absolute atomic E-state index is 4.64. The van der Waals surface area contributed by atoms with Crippen LogP contribution in [-0.4, -0.2) is 4.98 Å². The van der Waals surface area contributed by atoms with Gasteiger partial charge in [-0.2, -0.15) is 18.2 Å². The van der Waals surface area contributed by atoms with Gasteiger partial charge >= 0.3 is 0 Å². The summed E-state index contributed by atoms with van der Waals surface area (Å²) in [5.41, 5.74) is 4.56. The minimum Gasteiger partial charge on any atom is -0.319 e. The van der Waals surface area contributed by atoms with E-state index < -0.39 is 0 Å². The molecule has 0 aliphatic carbocycles. The van der Waals surface area contributed by atoms with E-state index in [1.54, 1.807) is 0 Å². The summed E-state index contributed by atoms with van der Waals surface area (Å²) in [6, 6.07) is 23.6. The second-order valence-corrected chi connectivity index (χ2v) is 5.45. The van der Waals surface area contributed by atoms with Gasteiger partial charge in [-0.15, -0.1) is 18.7 Å². The van der Waals surface area contributed by atoms with Crippen LogP contribution in [0.15, 0.2) is 79.5 Å². The molecule has 117 valence electrons. The molecule has 0 saturated heterocycles. The Balaban J connectivity index is 0.00000208. The van der Waals surface area contributed by atoms with E-state index in [0.29, 0.717) is 0 Å². The molecule has 1 radical (unpaired) electrons. The fourth-order valence-electron chi connectivity index (χ4n) is 2.47. The van der Waals surface area contributed by atoms with Crippen LogP contribution in [0.5, 0.6) is 0 Å². The first-order chi connectivity index (χ1) is 11.3. The van der Waals surface area contributed by atoms with Gasteiger partial charge in [0, 0.05) is 44.6 Å². The van der Waals surface area contributed by atoms with Crippen molar-refractivity contribution in [2.75, 3.05) is 4.90 Å². The van der Waals surface area contributed by atoms with Crippen molar-refractivity contribution in [1.29, 1.82) is 0 Å². The van der Waals surface area contributed by atoms with Gasteiger partial charge in [0.25, 0.3) is 0 Å². The van der Waals surface area contributed by atoms with E-state index in [1.807, 2.05) is 36.5 Å². The average molecular weight is 388 g/mol. The Morgan fingerprint density at radius 3 is 2.25 bits per heavy atom. The van der Waals surface area contributed by atoms with Crippen LogP contribution >= 0.6 is 0 Å². The number of allylic oxidation sites excluding steroid dienone is 1. The van der Waals surface area contributed by atoms with Crippen molar-refractivity contribution < 1.29 is 32.7 Å². The van der Waals surface area contributed by atoms with Crippen LogP contribution in [0.3, 0.4) is 0 Å². The minimum absolute atomic E-state index is 0. The van der Waals surface area contributed by atoms with E-state index in [-0.39, 0.29) is 32.7 Å². The molecule has 0 aliphatic heterocycles. The van der Waals surface area contributed by atoms with Crippen LogP contribution in [-0.2, 0) is 39.1 Å². The molecule has 0 spiro atoms. The zero-order valence-electron chi connectivity index (χ0n) is 13.8. The molecule has 2 nitrogen and oxygen atoms in total. The molecule has 2 aromatic carbocycles. The molecule has 24 heavy (non-hydrogen) atoms. The molecule has 1 heterocycles. The fourth-order valence-corrected chi connectivity index (χ4v) is 2.47. The second kappa shape index (κ2) is 8.91. The number of hydrogen-bond acceptors (Lipinski definition) is 2. The van der Waals surface area contributed by atoms with Gasteiger partial charge in [-0.05, 0) is 37.1 Å². The molecule has 3 rings (SSSR count). The molecule has 0 saturated carbocycles. The number of aromatic nitrogens is 1. The van der Waals surface area contributed by atoms with Gasteiger partial charge < -0.3 is 4.90 Å². The molecule has 0 unspecified atom stereocenters. The molecular weight excluding hydrogens is 369 g/mol. The van der Waals surface area contributed by atoms with E-state index in [9.17, 15) is 0 Å². The van der Waals surface area contributed by atoms with E-state index in [2.05, 4.69) is 65.9 Å². The number of aryl methyl sites for hydroxylation is 1. The van der Waals surface area contributed by atoms with Gasteiger partial charge in [0.2, 0.25) is 0 Å². The minimum atomic E-state index is 0. The summed E-state index contributed by atoms with van der Waals surface area (Å²) < 4.78 is 0. The average Bonchev–Trinajstić information content (AvgIpc) is 2.60. The topological polar surface area (TPSA) is 16.1 Å². The normalized spacial score (nSPS) is 9.88. The third-order valence-electron chi connectivity index (χ3n) is 3.67. The number of pyridine rings is 1. The Kier molecular flexibility index (Phi) is 6.90. The van der Waals surface area contributed by atoms with Crippen molar-refractivity contribution in [1.82, 2.24) is 4.98 Å². The van der Waals surface area contributed by atoms with Crippen molar-refractivity contribution in [2.45, 2.75) is 13.3 Å². The number of benzene rings is 2. The predicted octanol–water partition coefficient (Wildman–Crippen LogP) is 5.39. The van der Waals surface area contributed by atoms with Gasteiger partial charge in [0.1, 0.15) is 5.82 Å². The van der Waals surface area contributed by atoms with E-state index in [0.717, 1.165) is 29.2 Å². The number of hydrogen-bond donors (Lipinski definition) is 0. The quantitative estimate of drug-likeness (QED) is 0.431. The third kappa shape index (κ3) is 4.40. The SMILES string of the molecule is C=CCc1ccc(N(c2cc[c-]cc2)c2ccc(C)cc2)nc1.[Y]. The zero-order valence-corrected chi connectivity index (χ0v) is 16.7. The molecule has 0 amide bonds. The number of nitrogens with zero attached hydrogens (tertiary/aromatic N) is 2. The van der Waals surface area contributed by atoms with Crippen molar-refractivity contribution >= 4 is 17.2 Å². The Hall–Kier alpha value is -1.77. The van der Waals surface area contributed by atoms with E-state index in [1.165, 1.54) is 5.56 Å². The Labute approximate surface area is 169 Å². The van der Waals surface area contributed by atoms with Crippen molar-refractivity contribution in [3.63, 3.8) is 0 Å². The number of anilines is 3. The van der Waals surface area contributed by atoms with Crippen LogP contribution in [0, 0.1) is 13.0 Å². The number of rotatable bonds is 5. The monoisotopic (exact) mass is 388 g/mol. The molecule has 1 aromatic heterocycles. The molecule has 0 atom stereocenters. The Bertz CT molecular complexity index is 765. The summed E-state index contributed by atoms with van der Waals surface area (Å²) in [7, 11) is 0. The predicted molar refractivity (Wildman–Crippen MR) is 96.4 cm³/mol. The summed E-state index contributed by atoms with van der Waals surface area (Å²) >= 11 is 0. The first kappa shape index (κ1) is 18.6. The summed E-state index contributed by atoms with van der Waals surface area (Å²) in [6.45, 7) is 5.87. The Morgan fingerprint density at radius 1 is 1.00 bits per heavy atom. The maximum atomic E-state index is 4.64. The molecule has 0 bridgehead atoms. The van der Waals surface area contributed by atoms with Gasteiger partial charge in [0.05, 0.1) is 0 Å². The smallest absolute Gasteiger partial charge is 0.135 e. The summed E-state index contributed by atoms with van der Waals surface area (Å²) in [6.07, 6.45) is 4.63. The zero-order chi connectivity index (χ0) is 16.1. The second-order valence-electron chi connectivity index (χ2n) is 5.45. The van der Waals surface area contributed by atoms with Crippen LogP contribution in [0.1, 0.15) is 11.1 Å². The van der Waals surface area contributed by atoms with E-state index in [4.69, 9.17) is 0 Å². The molecule has 0 N–H and O–H groups in total. The van der Waals surface area contributed by atoms with Crippen LogP contribution < -0.4 is 4.90 Å². The summed E-state index contributed by atoms with van der Waals surface area (Å²) in [4.78, 5) is 6.78. The summed E-state index contributed by atoms with van der Waals surface area (Å²) in [5.74, 6) is 0.896. The molecule has 0 aliphatic rings. The van der Waals surface area contributed by atoms with E-state index >= 15 is 0 Å². The molecule has 3 aromatic rings. The van der Waals surface area contributed by atoms with Crippen LogP contribution in [0.2, 0.25) is 0 Å². The fraction of sp³-hybridized carbons (Fsp3) is 0.0952. The largest absolute Gasteiger partial charge is 0.319 e. The van der Waals surface area contributed by atoms with Crippen LogP contribution in [0.25, 0.3) is 0 Å². The van der Waals surface area contributed by atoms with Gasteiger partial charge in [-0.3, -0.25) is 0 Å². The first-order valence-electron chi connectivity index (χ1n) is 7.66. The van der Waals surface area contributed by atoms with Crippen molar-refractivity contribution in [3.8, 4) is 0 Å².